The third-order valence-electron chi connectivity index (χ3n) is 4.71. The number of rotatable bonds is 9. The zero-order chi connectivity index (χ0) is 24.2. The van der Waals surface area contributed by atoms with Gasteiger partial charge in [-0.25, -0.2) is 9.59 Å². The van der Waals surface area contributed by atoms with Crippen molar-refractivity contribution in [2.45, 2.75) is 18.3 Å². The normalized spacial score (nSPS) is 15.2. The van der Waals surface area contributed by atoms with E-state index in [1.54, 1.807) is 42.5 Å². The maximum atomic E-state index is 12.6. The van der Waals surface area contributed by atoms with Gasteiger partial charge in [0, 0.05) is 11.5 Å². The molecule has 2 amide bonds. The summed E-state index contributed by atoms with van der Waals surface area (Å²) in [5.41, 5.74) is 2.74. The summed E-state index contributed by atoms with van der Waals surface area (Å²) in [7, 11) is 0. The van der Waals surface area contributed by atoms with Gasteiger partial charge in [0.25, 0.3) is 11.8 Å². The minimum atomic E-state index is -5.19. The van der Waals surface area contributed by atoms with Gasteiger partial charge < -0.3 is 9.94 Å². The van der Waals surface area contributed by atoms with Crippen molar-refractivity contribution in [1.29, 1.82) is 0 Å². The number of amides is 2. The molecule has 2 N–H and O–H groups in total. The van der Waals surface area contributed by atoms with Gasteiger partial charge in [-0.15, -0.1) is 5.48 Å². The van der Waals surface area contributed by atoms with E-state index in [0.29, 0.717) is 10.5 Å². The van der Waals surface area contributed by atoms with Gasteiger partial charge in [0.05, 0.1) is 17.2 Å². The van der Waals surface area contributed by atoms with Gasteiger partial charge in [-0.05, 0) is 17.7 Å². The minimum Gasteiger partial charge on any atom is -0.480 e. The number of hydrogen-bond donors (Lipinski definition) is 2. The highest BCUT2D eigenvalue weighted by Crippen LogP contribution is 2.27. The van der Waals surface area contributed by atoms with Gasteiger partial charge in [0.2, 0.25) is 0 Å². The molecule has 0 bridgehead atoms. The molecular formula is C21H17F3N2O6S. The van der Waals surface area contributed by atoms with Crippen LogP contribution in [0.1, 0.15) is 32.3 Å². The molecular weight excluding hydrogens is 465 g/mol. The molecule has 1 aliphatic rings. The van der Waals surface area contributed by atoms with Gasteiger partial charge in [0.15, 0.2) is 0 Å². The molecule has 0 aliphatic carbocycles. The van der Waals surface area contributed by atoms with E-state index in [2.05, 4.69) is 10.3 Å². The van der Waals surface area contributed by atoms with E-state index in [4.69, 9.17) is 0 Å². The van der Waals surface area contributed by atoms with E-state index >= 15 is 0 Å². The Hall–Kier alpha value is -3.38. The summed E-state index contributed by atoms with van der Waals surface area (Å²) < 4.78 is 37.4. The summed E-state index contributed by atoms with van der Waals surface area (Å²) in [6.07, 6.45) is -5.19. The van der Waals surface area contributed by atoms with Crippen LogP contribution >= 0.6 is 11.8 Å². The number of thioether (sulfide) groups is 1. The molecule has 0 aromatic heterocycles. The van der Waals surface area contributed by atoms with Crippen LogP contribution in [0.15, 0.2) is 54.6 Å². The molecule has 0 fully saturated rings. The minimum absolute atomic E-state index is 0.0257. The summed E-state index contributed by atoms with van der Waals surface area (Å²) >= 11 is 0.959. The van der Waals surface area contributed by atoms with Gasteiger partial charge >= 0.3 is 18.1 Å². The average molecular weight is 482 g/mol. The summed E-state index contributed by atoms with van der Waals surface area (Å²) in [5, 5.41) is 9.63. The van der Waals surface area contributed by atoms with E-state index in [-0.39, 0.29) is 22.6 Å². The number of nitrogens with one attached hydrogen (secondary N) is 1. The number of aliphatic carboxylic acids is 1. The molecule has 0 spiro atoms. The number of hydroxylamine groups is 1. The molecule has 2 atom stereocenters. The van der Waals surface area contributed by atoms with E-state index in [1.807, 2.05) is 0 Å². The van der Waals surface area contributed by atoms with Gasteiger partial charge in [0.1, 0.15) is 6.04 Å². The number of fused-ring (bicyclic) bond motifs is 1. The van der Waals surface area contributed by atoms with Crippen LogP contribution in [0.2, 0.25) is 0 Å². The Balaban J connectivity index is 1.70. The van der Waals surface area contributed by atoms with Crippen LogP contribution < -0.4 is 5.48 Å². The highest BCUT2D eigenvalue weighted by Gasteiger charge is 2.43. The number of nitrogens with zero attached hydrogens (tertiary/aromatic N) is 1. The van der Waals surface area contributed by atoms with Crippen LogP contribution in [0.25, 0.3) is 0 Å². The number of carboxylic acid groups (broad SMARTS) is 1. The number of imide groups is 1. The average Bonchev–Trinajstić information content (AvgIpc) is 3.03. The quantitative estimate of drug-likeness (QED) is 0.415. The van der Waals surface area contributed by atoms with Crippen molar-refractivity contribution in [2.24, 2.45) is 0 Å². The van der Waals surface area contributed by atoms with Crippen molar-refractivity contribution in [3.8, 4) is 0 Å². The monoisotopic (exact) mass is 482 g/mol. The predicted molar refractivity (Wildman–Crippen MR) is 110 cm³/mol. The Labute approximate surface area is 189 Å². The Morgan fingerprint density at radius 2 is 1.52 bits per heavy atom. The Morgan fingerprint density at radius 3 is 2.03 bits per heavy atom. The van der Waals surface area contributed by atoms with Crippen LogP contribution in [-0.2, 0) is 14.4 Å². The zero-order valence-corrected chi connectivity index (χ0v) is 17.6. The van der Waals surface area contributed by atoms with Crippen LogP contribution in [0, 0.1) is 0 Å². The van der Waals surface area contributed by atoms with Gasteiger partial charge in [-0.3, -0.25) is 14.5 Å². The molecule has 8 nitrogen and oxygen atoms in total. The van der Waals surface area contributed by atoms with Crippen LogP contribution in [0.5, 0.6) is 0 Å². The fourth-order valence-corrected chi connectivity index (χ4v) is 4.26. The van der Waals surface area contributed by atoms with Crippen LogP contribution in [0.3, 0.4) is 0 Å². The lowest BCUT2D eigenvalue weighted by Gasteiger charge is -2.24. The molecule has 174 valence electrons. The summed E-state index contributed by atoms with van der Waals surface area (Å²) in [5.74, 6) is -5.57. The van der Waals surface area contributed by atoms with Crippen LogP contribution in [0.4, 0.5) is 13.2 Å². The Morgan fingerprint density at radius 1 is 0.970 bits per heavy atom. The Bertz CT molecular complexity index is 1030. The number of hydrogen-bond acceptors (Lipinski definition) is 7. The molecule has 12 heteroatoms. The predicted octanol–water partition coefficient (Wildman–Crippen LogP) is 2.82. The second-order valence-corrected chi connectivity index (χ2v) is 7.96. The largest absolute Gasteiger partial charge is 0.492 e. The van der Waals surface area contributed by atoms with Crippen molar-refractivity contribution in [1.82, 2.24) is 10.4 Å². The van der Waals surface area contributed by atoms with Gasteiger partial charge in [-0.1, -0.05) is 42.5 Å². The highest BCUT2D eigenvalue weighted by atomic mass is 32.2. The van der Waals surface area contributed by atoms with Crippen LogP contribution in [-0.4, -0.2) is 57.5 Å². The summed E-state index contributed by atoms with van der Waals surface area (Å²) in [4.78, 5) is 52.9. The lowest BCUT2D eigenvalue weighted by molar-refractivity contribution is -0.208. The first-order valence-electron chi connectivity index (χ1n) is 9.47. The molecule has 0 unspecified atom stereocenters. The molecule has 1 aliphatic heterocycles. The number of alkyl halides is 3. The number of carbonyl (C=O) groups is 4. The fraction of sp³-hybridized carbons (Fsp3) is 0.238. The second kappa shape index (κ2) is 10.0. The fourth-order valence-electron chi connectivity index (χ4n) is 3.11. The lowest BCUT2D eigenvalue weighted by atomic mass is 10.1. The second-order valence-electron chi connectivity index (χ2n) is 6.89. The molecule has 0 radical (unpaired) electrons. The smallest absolute Gasteiger partial charge is 0.480 e. The van der Waals surface area contributed by atoms with Crippen molar-refractivity contribution in [2.75, 3.05) is 11.5 Å². The summed E-state index contributed by atoms with van der Waals surface area (Å²) in [6, 6.07) is 11.6. The van der Waals surface area contributed by atoms with Crippen molar-refractivity contribution in [3.05, 3.63) is 71.3 Å². The maximum absolute atomic E-state index is 12.6. The topological polar surface area (TPSA) is 113 Å². The molecule has 2 aromatic carbocycles. The number of carboxylic acids is 1. The number of benzene rings is 2. The molecule has 2 aromatic rings. The van der Waals surface area contributed by atoms with Crippen molar-refractivity contribution < 1.29 is 42.3 Å². The molecule has 0 saturated carbocycles. The van der Waals surface area contributed by atoms with E-state index in [1.165, 1.54) is 12.1 Å². The van der Waals surface area contributed by atoms with E-state index < -0.39 is 42.0 Å². The zero-order valence-electron chi connectivity index (χ0n) is 16.7. The molecule has 0 saturated heterocycles. The highest BCUT2D eigenvalue weighted by molar-refractivity contribution is 7.99. The summed E-state index contributed by atoms with van der Waals surface area (Å²) in [6.45, 7) is 0. The first-order valence-corrected chi connectivity index (χ1v) is 10.6. The standard InChI is InChI=1S/C21H17F3N2O6S/c22-21(23,24)20(31)32-25-15(12-6-2-1-3-7-12)10-33-11-16(19(29)30)26-17(27)13-8-4-5-9-14(13)18(26)28/h1-9,15-16,25H,10-11H2,(H,29,30)/t15-,16-/m0/s1. The number of carbonyl (C=O) groups excluding carboxylic acids is 3. The molecule has 1 heterocycles. The first kappa shape index (κ1) is 24.3. The third kappa shape index (κ3) is 5.52. The SMILES string of the molecule is O=C(O)[C@H](CSC[C@H](NOC(=O)C(F)(F)F)c1ccccc1)N1C(=O)c2ccccc2C1=O. The first-order chi connectivity index (χ1) is 15.6. The third-order valence-corrected chi connectivity index (χ3v) is 5.83. The van der Waals surface area contributed by atoms with E-state index in [9.17, 15) is 37.5 Å². The maximum Gasteiger partial charge on any atom is 0.492 e. The lowest BCUT2D eigenvalue weighted by Crippen LogP contribution is -2.46. The number of halogens is 3. The van der Waals surface area contributed by atoms with E-state index in [0.717, 1.165) is 11.8 Å². The Kier molecular flexibility index (Phi) is 7.39. The molecule has 3 rings (SSSR count). The van der Waals surface area contributed by atoms with Gasteiger partial charge in [-0.2, -0.15) is 24.9 Å². The molecule has 33 heavy (non-hydrogen) atoms. The van der Waals surface area contributed by atoms with Crippen molar-refractivity contribution in [3.63, 3.8) is 0 Å². The van der Waals surface area contributed by atoms with Crippen molar-refractivity contribution >= 4 is 35.5 Å².